The lowest BCUT2D eigenvalue weighted by molar-refractivity contribution is 0.0755. The largest absolute Gasteiger partial charge is 0.329 e. The lowest BCUT2D eigenvalue weighted by Gasteiger charge is -2.46. The highest BCUT2D eigenvalue weighted by atomic mass is 32.2. The minimum atomic E-state index is -2.86. The Hall–Kier alpha value is -0.430. The Balaban J connectivity index is 2.18. The van der Waals surface area contributed by atoms with Crippen LogP contribution in [0.5, 0.6) is 0 Å². The van der Waals surface area contributed by atoms with Crippen molar-refractivity contribution in [3.63, 3.8) is 0 Å². The number of nitrogens with zero attached hydrogens (tertiary/aromatic N) is 1. The first kappa shape index (κ1) is 15.0. The van der Waals surface area contributed by atoms with Gasteiger partial charge in [0.1, 0.15) is 9.84 Å². The summed E-state index contributed by atoms with van der Waals surface area (Å²) >= 11 is 1.73. The molecule has 1 fully saturated rings. The van der Waals surface area contributed by atoms with Crippen molar-refractivity contribution in [2.45, 2.75) is 31.3 Å². The van der Waals surface area contributed by atoms with Crippen LogP contribution in [0, 0.1) is 0 Å². The molecule has 0 aliphatic carbocycles. The molecule has 1 unspecified atom stereocenters. The molecule has 0 amide bonds. The summed E-state index contributed by atoms with van der Waals surface area (Å²) < 4.78 is 23.2. The van der Waals surface area contributed by atoms with Crippen LogP contribution in [0.4, 0.5) is 0 Å². The van der Waals surface area contributed by atoms with E-state index in [1.807, 2.05) is 6.07 Å². The van der Waals surface area contributed by atoms with Crippen LogP contribution in [-0.2, 0) is 9.84 Å². The molecule has 19 heavy (non-hydrogen) atoms. The van der Waals surface area contributed by atoms with E-state index in [2.05, 4.69) is 30.3 Å². The van der Waals surface area contributed by atoms with Gasteiger partial charge in [0, 0.05) is 23.0 Å². The summed E-state index contributed by atoms with van der Waals surface area (Å²) in [5.41, 5.74) is 5.80. The zero-order valence-corrected chi connectivity index (χ0v) is 13.1. The van der Waals surface area contributed by atoms with Gasteiger partial charge in [0.15, 0.2) is 0 Å². The van der Waals surface area contributed by atoms with E-state index in [1.165, 1.54) is 4.88 Å². The minimum absolute atomic E-state index is 0.186. The van der Waals surface area contributed by atoms with Crippen LogP contribution in [0.15, 0.2) is 17.5 Å². The van der Waals surface area contributed by atoms with Crippen molar-refractivity contribution in [2.75, 3.05) is 25.1 Å². The van der Waals surface area contributed by atoms with Crippen LogP contribution in [0.25, 0.3) is 0 Å². The highest BCUT2D eigenvalue weighted by Gasteiger charge is 2.41. The molecule has 0 saturated carbocycles. The summed E-state index contributed by atoms with van der Waals surface area (Å²) in [7, 11) is -0.792. The standard InChI is InChI=1S/C13H22N2O2S2/c1-11(12-4-3-7-18-12)15(2)13(10-14)5-8-19(16,17)9-6-13/h3-4,7,11H,5-6,8-10,14H2,1-2H3. The van der Waals surface area contributed by atoms with Crippen LogP contribution >= 0.6 is 11.3 Å². The second kappa shape index (κ2) is 5.52. The minimum Gasteiger partial charge on any atom is -0.329 e. The van der Waals surface area contributed by atoms with Crippen LogP contribution in [-0.4, -0.2) is 44.0 Å². The predicted molar refractivity (Wildman–Crippen MR) is 80.2 cm³/mol. The smallest absolute Gasteiger partial charge is 0.150 e. The molecule has 2 heterocycles. The fraction of sp³-hybridized carbons (Fsp3) is 0.692. The van der Waals surface area contributed by atoms with Gasteiger partial charge in [0.05, 0.1) is 11.5 Å². The van der Waals surface area contributed by atoms with Gasteiger partial charge in [-0.25, -0.2) is 8.42 Å². The van der Waals surface area contributed by atoms with E-state index in [1.54, 1.807) is 11.3 Å². The number of rotatable bonds is 4. The zero-order chi connectivity index (χ0) is 14.1. The Kier molecular flexibility index (Phi) is 4.35. The number of nitrogens with two attached hydrogens (primary N) is 1. The zero-order valence-electron chi connectivity index (χ0n) is 11.5. The molecule has 1 aliphatic heterocycles. The number of sulfone groups is 1. The van der Waals surface area contributed by atoms with E-state index < -0.39 is 9.84 Å². The van der Waals surface area contributed by atoms with Gasteiger partial charge < -0.3 is 5.73 Å². The van der Waals surface area contributed by atoms with Gasteiger partial charge in [-0.2, -0.15) is 0 Å². The molecule has 1 atom stereocenters. The maximum Gasteiger partial charge on any atom is 0.150 e. The van der Waals surface area contributed by atoms with Crippen molar-refractivity contribution in [2.24, 2.45) is 5.73 Å². The van der Waals surface area contributed by atoms with Crippen molar-refractivity contribution in [3.05, 3.63) is 22.4 Å². The highest BCUT2D eigenvalue weighted by Crippen LogP contribution is 2.35. The fourth-order valence-electron chi connectivity index (χ4n) is 2.75. The van der Waals surface area contributed by atoms with E-state index >= 15 is 0 Å². The first-order chi connectivity index (χ1) is 8.90. The average Bonchev–Trinajstić information content (AvgIpc) is 2.92. The van der Waals surface area contributed by atoms with E-state index in [9.17, 15) is 8.42 Å². The van der Waals surface area contributed by atoms with Crippen LogP contribution < -0.4 is 5.73 Å². The summed E-state index contributed by atoms with van der Waals surface area (Å²) in [6.45, 7) is 2.67. The normalized spacial score (nSPS) is 23.4. The van der Waals surface area contributed by atoms with E-state index in [0.29, 0.717) is 19.4 Å². The second-order valence-corrected chi connectivity index (χ2v) is 8.67. The van der Waals surface area contributed by atoms with Crippen molar-refractivity contribution in [1.82, 2.24) is 4.90 Å². The third-order valence-electron chi connectivity index (χ3n) is 4.42. The van der Waals surface area contributed by atoms with Gasteiger partial charge in [-0.1, -0.05) is 6.07 Å². The fourth-order valence-corrected chi connectivity index (χ4v) is 5.16. The molecule has 0 radical (unpaired) electrons. The van der Waals surface area contributed by atoms with Gasteiger partial charge >= 0.3 is 0 Å². The first-order valence-corrected chi connectivity index (χ1v) is 9.27. The van der Waals surface area contributed by atoms with Crippen molar-refractivity contribution < 1.29 is 8.42 Å². The summed E-state index contributed by atoms with van der Waals surface area (Å²) in [5.74, 6) is 0.511. The molecule has 1 saturated heterocycles. The number of thiophene rings is 1. The lowest BCUT2D eigenvalue weighted by atomic mass is 9.89. The molecular weight excluding hydrogens is 280 g/mol. The van der Waals surface area contributed by atoms with Crippen molar-refractivity contribution in [1.29, 1.82) is 0 Å². The molecule has 1 aliphatic rings. The quantitative estimate of drug-likeness (QED) is 0.918. The average molecular weight is 302 g/mol. The number of hydrogen-bond donors (Lipinski definition) is 1. The van der Waals surface area contributed by atoms with E-state index in [-0.39, 0.29) is 23.1 Å². The lowest BCUT2D eigenvalue weighted by Crippen LogP contribution is -2.56. The van der Waals surface area contributed by atoms with Gasteiger partial charge in [-0.15, -0.1) is 11.3 Å². The summed E-state index contributed by atoms with van der Waals surface area (Å²) in [5, 5.41) is 2.07. The summed E-state index contributed by atoms with van der Waals surface area (Å²) in [4.78, 5) is 3.57. The Labute approximate surface area is 119 Å². The number of likely N-dealkylation sites (N-methyl/N-ethyl adjacent to an activating group) is 1. The maximum absolute atomic E-state index is 11.6. The van der Waals surface area contributed by atoms with Crippen LogP contribution in [0.2, 0.25) is 0 Å². The third kappa shape index (κ3) is 3.02. The molecule has 1 aromatic rings. The molecule has 1 aromatic heterocycles. The Morgan fingerprint density at radius 2 is 2.11 bits per heavy atom. The Bertz CT molecular complexity index is 497. The molecule has 2 N–H and O–H groups in total. The van der Waals surface area contributed by atoms with E-state index in [0.717, 1.165) is 0 Å². The molecule has 6 heteroatoms. The topological polar surface area (TPSA) is 63.4 Å². The highest BCUT2D eigenvalue weighted by molar-refractivity contribution is 7.91. The Morgan fingerprint density at radius 3 is 2.58 bits per heavy atom. The van der Waals surface area contributed by atoms with Gasteiger partial charge in [-0.3, -0.25) is 4.90 Å². The van der Waals surface area contributed by atoms with Crippen molar-refractivity contribution in [3.8, 4) is 0 Å². The van der Waals surface area contributed by atoms with Crippen LogP contribution in [0.1, 0.15) is 30.7 Å². The van der Waals surface area contributed by atoms with E-state index in [4.69, 9.17) is 5.73 Å². The molecule has 4 nitrogen and oxygen atoms in total. The maximum atomic E-state index is 11.6. The Morgan fingerprint density at radius 1 is 1.47 bits per heavy atom. The molecule has 0 spiro atoms. The molecule has 0 bridgehead atoms. The number of hydrogen-bond acceptors (Lipinski definition) is 5. The first-order valence-electron chi connectivity index (χ1n) is 6.57. The molecular formula is C13H22N2O2S2. The molecule has 108 valence electrons. The third-order valence-corrected chi connectivity index (χ3v) is 7.12. The van der Waals surface area contributed by atoms with Crippen LogP contribution in [0.3, 0.4) is 0 Å². The second-order valence-electron chi connectivity index (χ2n) is 5.38. The predicted octanol–water partition coefficient (Wildman–Crippen LogP) is 1.65. The van der Waals surface area contributed by atoms with Gasteiger partial charge in [0.2, 0.25) is 0 Å². The summed E-state index contributed by atoms with van der Waals surface area (Å²) in [6, 6.07) is 4.43. The van der Waals surface area contributed by atoms with Gasteiger partial charge in [-0.05, 0) is 38.3 Å². The van der Waals surface area contributed by atoms with Crippen molar-refractivity contribution >= 4 is 21.2 Å². The molecule has 0 aromatic carbocycles. The SMILES string of the molecule is CC(c1cccs1)N(C)C1(CN)CCS(=O)(=O)CC1. The summed E-state index contributed by atoms with van der Waals surface area (Å²) in [6.07, 6.45) is 1.27. The monoisotopic (exact) mass is 302 g/mol. The molecule has 2 rings (SSSR count). The van der Waals surface area contributed by atoms with Gasteiger partial charge in [0.25, 0.3) is 0 Å².